The summed E-state index contributed by atoms with van der Waals surface area (Å²) in [7, 11) is 0. The van der Waals surface area contributed by atoms with Crippen LogP contribution in [0.25, 0.3) is 0 Å². The van der Waals surface area contributed by atoms with E-state index in [9.17, 15) is 0 Å². The molecule has 0 spiro atoms. The third-order valence-corrected chi connectivity index (χ3v) is 3.65. The Morgan fingerprint density at radius 1 is 1.24 bits per heavy atom. The molecule has 1 aliphatic heterocycles. The minimum absolute atomic E-state index is 0.252. The molecular formula is C14H20N4OS2. The Labute approximate surface area is 135 Å². The largest absolute Gasteiger partial charge is 0.376 e. The third-order valence-electron chi connectivity index (χ3n) is 3.20. The molecule has 0 unspecified atom stereocenters. The predicted octanol–water partition coefficient (Wildman–Crippen LogP) is 1.84. The zero-order chi connectivity index (χ0) is 15.1. The van der Waals surface area contributed by atoms with Gasteiger partial charge in [-0.3, -0.25) is 10.9 Å². The summed E-state index contributed by atoms with van der Waals surface area (Å²) in [6.45, 7) is 3.58. The number of hydrogen-bond acceptors (Lipinski definition) is 3. The summed E-state index contributed by atoms with van der Waals surface area (Å²) in [6, 6.07) is 7.93. The van der Waals surface area contributed by atoms with Crippen molar-refractivity contribution in [3.63, 3.8) is 0 Å². The molecule has 1 aliphatic rings. The highest BCUT2D eigenvalue weighted by molar-refractivity contribution is 7.80. The van der Waals surface area contributed by atoms with Gasteiger partial charge in [0.1, 0.15) is 0 Å². The van der Waals surface area contributed by atoms with E-state index in [-0.39, 0.29) is 6.10 Å². The molecule has 1 atom stereocenters. The summed E-state index contributed by atoms with van der Waals surface area (Å²) in [5.74, 6) is 0. The molecule has 0 aromatic heterocycles. The fourth-order valence-electron chi connectivity index (χ4n) is 2.04. The first-order valence-corrected chi connectivity index (χ1v) is 7.75. The van der Waals surface area contributed by atoms with Crippen LogP contribution in [0.15, 0.2) is 24.3 Å². The summed E-state index contributed by atoms with van der Waals surface area (Å²) in [5, 5.41) is 7.17. The van der Waals surface area contributed by atoms with Crippen molar-refractivity contribution in [1.29, 1.82) is 0 Å². The highest BCUT2D eigenvalue weighted by Crippen LogP contribution is 2.12. The van der Waals surface area contributed by atoms with Gasteiger partial charge in [-0.2, -0.15) is 0 Å². The molecular weight excluding hydrogens is 304 g/mol. The minimum atomic E-state index is 0.252. The summed E-state index contributed by atoms with van der Waals surface area (Å²) in [6.07, 6.45) is 2.45. The number of para-hydroxylation sites is 1. The molecule has 0 saturated carbocycles. The van der Waals surface area contributed by atoms with Crippen LogP contribution in [0.2, 0.25) is 0 Å². The molecule has 1 fully saturated rings. The Balaban J connectivity index is 1.66. The van der Waals surface area contributed by atoms with Crippen molar-refractivity contribution < 1.29 is 4.74 Å². The molecule has 1 aromatic rings. The summed E-state index contributed by atoms with van der Waals surface area (Å²) < 4.78 is 5.51. The van der Waals surface area contributed by atoms with Gasteiger partial charge in [0.2, 0.25) is 0 Å². The molecule has 7 heteroatoms. The summed E-state index contributed by atoms with van der Waals surface area (Å²) in [5.41, 5.74) is 7.81. The van der Waals surface area contributed by atoms with Gasteiger partial charge in [0.05, 0.1) is 6.10 Å². The monoisotopic (exact) mass is 324 g/mol. The Kier molecular flexibility index (Phi) is 6.16. The van der Waals surface area contributed by atoms with Crippen LogP contribution in [0.5, 0.6) is 0 Å². The Bertz CT molecular complexity index is 504. The normalized spacial score (nSPS) is 17.1. The number of ether oxygens (including phenoxy) is 1. The van der Waals surface area contributed by atoms with E-state index in [1.807, 2.05) is 31.2 Å². The highest BCUT2D eigenvalue weighted by Gasteiger charge is 2.15. The Hall–Kier alpha value is -1.44. The van der Waals surface area contributed by atoms with E-state index >= 15 is 0 Å². The Morgan fingerprint density at radius 3 is 2.71 bits per heavy atom. The van der Waals surface area contributed by atoms with Crippen molar-refractivity contribution in [3.8, 4) is 0 Å². The second-order valence-electron chi connectivity index (χ2n) is 4.86. The van der Waals surface area contributed by atoms with Gasteiger partial charge in [0, 0.05) is 18.8 Å². The number of aryl methyl sites for hydroxylation is 1. The van der Waals surface area contributed by atoms with Crippen LogP contribution in [-0.2, 0) is 4.74 Å². The van der Waals surface area contributed by atoms with Crippen molar-refractivity contribution in [2.45, 2.75) is 25.9 Å². The van der Waals surface area contributed by atoms with Gasteiger partial charge in [-0.15, -0.1) is 0 Å². The molecule has 2 rings (SSSR count). The first kappa shape index (κ1) is 15.9. The molecule has 5 nitrogen and oxygen atoms in total. The molecule has 114 valence electrons. The van der Waals surface area contributed by atoms with Crippen LogP contribution < -0.4 is 21.5 Å². The standard InChI is InChI=1S/C14H20N4OS2/c1-10-5-2-3-7-12(10)16-14(21)18-17-13(20)15-9-11-6-4-8-19-11/h2-3,5,7,11H,4,6,8-9H2,1H3,(H2,15,17,20)(H2,16,18,21)/t11-/m0/s1. The lowest BCUT2D eigenvalue weighted by Crippen LogP contribution is -2.49. The number of hydrazine groups is 1. The van der Waals surface area contributed by atoms with E-state index < -0.39 is 0 Å². The molecule has 1 saturated heterocycles. The van der Waals surface area contributed by atoms with E-state index in [0.29, 0.717) is 16.8 Å². The predicted molar refractivity (Wildman–Crippen MR) is 93.2 cm³/mol. The average molecular weight is 324 g/mol. The van der Waals surface area contributed by atoms with Gasteiger partial charge >= 0.3 is 0 Å². The molecule has 21 heavy (non-hydrogen) atoms. The maximum absolute atomic E-state index is 5.51. The average Bonchev–Trinajstić information content (AvgIpc) is 2.99. The first-order valence-electron chi connectivity index (χ1n) is 6.93. The van der Waals surface area contributed by atoms with E-state index in [0.717, 1.165) is 30.7 Å². The van der Waals surface area contributed by atoms with Gasteiger partial charge in [-0.1, -0.05) is 18.2 Å². The second-order valence-corrected chi connectivity index (χ2v) is 5.68. The molecule has 1 heterocycles. The lowest BCUT2D eigenvalue weighted by Gasteiger charge is -2.16. The zero-order valence-corrected chi connectivity index (χ0v) is 13.6. The van der Waals surface area contributed by atoms with Gasteiger partial charge in [-0.25, -0.2) is 0 Å². The van der Waals surface area contributed by atoms with Crippen molar-refractivity contribution >= 4 is 40.3 Å². The number of anilines is 1. The lowest BCUT2D eigenvalue weighted by atomic mass is 10.2. The summed E-state index contributed by atoms with van der Waals surface area (Å²) in [4.78, 5) is 0. The number of thiocarbonyl (C=S) groups is 2. The third kappa shape index (κ3) is 5.45. The van der Waals surface area contributed by atoms with Crippen LogP contribution in [0, 0.1) is 6.92 Å². The number of nitrogens with one attached hydrogen (secondary N) is 4. The van der Waals surface area contributed by atoms with Crippen molar-refractivity contribution in [2.75, 3.05) is 18.5 Å². The zero-order valence-electron chi connectivity index (χ0n) is 11.9. The van der Waals surface area contributed by atoms with Crippen molar-refractivity contribution in [1.82, 2.24) is 16.2 Å². The van der Waals surface area contributed by atoms with Gasteiger partial charge < -0.3 is 15.4 Å². The van der Waals surface area contributed by atoms with Crippen molar-refractivity contribution in [2.24, 2.45) is 0 Å². The van der Waals surface area contributed by atoms with Crippen LogP contribution >= 0.6 is 24.4 Å². The SMILES string of the molecule is Cc1ccccc1NC(=S)NNC(=S)NC[C@@H]1CCCO1. The minimum Gasteiger partial charge on any atom is -0.376 e. The van der Waals surface area contributed by atoms with Crippen LogP contribution in [-0.4, -0.2) is 29.5 Å². The maximum Gasteiger partial charge on any atom is 0.189 e. The van der Waals surface area contributed by atoms with Gasteiger partial charge in [0.25, 0.3) is 0 Å². The van der Waals surface area contributed by atoms with Crippen LogP contribution in [0.4, 0.5) is 5.69 Å². The Morgan fingerprint density at radius 2 is 2.00 bits per heavy atom. The van der Waals surface area contributed by atoms with Crippen LogP contribution in [0.1, 0.15) is 18.4 Å². The molecule has 0 radical (unpaired) electrons. The topological polar surface area (TPSA) is 57.3 Å². The molecule has 0 aliphatic carbocycles. The number of benzene rings is 1. The quantitative estimate of drug-likeness (QED) is 0.500. The molecule has 0 amide bonds. The van der Waals surface area contributed by atoms with Gasteiger partial charge in [0.15, 0.2) is 10.2 Å². The van der Waals surface area contributed by atoms with E-state index in [4.69, 9.17) is 29.2 Å². The fourth-order valence-corrected chi connectivity index (χ4v) is 2.33. The second kappa shape index (κ2) is 8.11. The highest BCUT2D eigenvalue weighted by atomic mass is 32.1. The smallest absolute Gasteiger partial charge is 0.189 e. The summed E-state index contributed by atoms with van der Waals surface area (Å²) >= 11 is 10.4. The molecule has 1 aromatic carbocycles. The number of hydrogen-bond donors (Lipinski definition) is 4. The molecule has 4 N–H and O–H groups in total. The van der Waals surface area contributed by atoms with E-state index in [1.54, 1.807) is 0 Å². The maximum atomic E-state index is 5.51. The van der Waals surface area contributed by atoms with E-state index in [2.05, 4.69) is 21.5 Å². The molecule has 0 bridgehead atoms. The van der Waals surface area contributed by atoms with Crippen LogP contribution in [0.3, 0.4) is 0 Å². The first-order chi connectivity index (χ1) is 10.1. The van der Waals surface area contributed by atoms with Gasteiger partial charge in [-0.05, 0) is 55.8 Å². The number of rotatable bonds is 3. The van der Waals surface area contributed by atoms with E-state index in [1.165, 1.54) is 0 Å². The van der Waals surface area contributed by atoms with Crippen molar-refractivity contribution in [3.05, 3.63) is 29.8 Å². The lowest BCUT2D eigenvalue weighted by molar-refractivity contribution is 0.114. The fraction of sp³-hybridized carbons (Fsp3) is 0.429.